The van der Waals surface area contributed by atoms with Crippen LogP contribution >= 0.6 is 0 Å². The molecule has 1 aromatic rings. The minimum absolute atomic E-state index is 0.0465. The normalized spacial score (nSPS) is 19.2. The Morgan fingerprint density at radius 3 is 2.73 bits per heavy atom. The van der Waals surface area contributed by atoms with Crippen LogP contribution < -0.4 is 0 Å². The van der Waals surface area contributed by atoms with E-state index in [0.717, 1.165) is 19.5 Å². The zero-order chi connectivity index (χ0) is 16.3. The minimum atomic E-state index is -0.362. The number of ketones is 1. The molecule has 122 valence electrons. The molecule has 22 heavy (non-hydrogen) atoms. The van der Waals surface area contributed by atoms with Crippen LogP contribution in [0.4, 0.5) is 0 Å². The number of rotatable bonds is 5. The summed E-state index contributed by atoms with van der Waals surface area (Å²) in [7, 11) is 0. The van der Waals surface area contributed by atoms with Gasteiger partial charge in [-0.25, -0.2) is 4.79 Å². The number of aromatic nitrogens is 1. The number of carbonyl (C=O) groups is 2. The summed E-state index contributed by atoms with van der Waals surface area (Å²) < 4.78 is 5.07. The van der Waals surface area contributed by atoms with Gasteiger partial charge in [0, 0.05) is 12.2 Å². The Balaban J connectivity index is 2.13. The molecule has 0 bridgehead atoms. The van der Waals surface area contributed by atoms with Gasteiger partial charge < -0.3 is 9.72 Å². The summed E-state index contributed by atoms with van der Waals surface area (Å²) in [6, 6.07) is 0. The third-order valence-electron chi connectivity index (χ3n) is 4.30. The summed E-state index contributed by atoms with van der Waals surface area (Å²) in [5.41, 5.74) is 2.44. The second-order valence-corrected chi connectivity index (χ2v) is 6.25. The van der Waals surface area contributed by atoms with E-state index >= 15 is 0 Å². The van der Waals surface area contributed by atoms with Crippen molar-refractivity contribution in [3.8, 4) is 0 Å². The van der Waals surface area contributed by atoms with Gasteiger partial charge in [-0.15, -0.1) is 0 Å². The van der Waals surface area contributed by atoms with Crippen LogP contribution in [0.25, 0.3) is 0 Å². The van der Waals surface area contributed by atoms with Crippen molar-refractivity contribution in [1.29, 1.82) is 0 Å². The Labute approximate surface area is 132 Å². The highest BCUT2D eigenvalue weighted by atomic mass is 16.5. The molecule has 2 rings (SSSR count). The first-order valence-corrected chi connectivity index (χ1v) is 8.05. The number of aryl methyl sites for hydroxylation is 1. The van der Waals surface area contributed by atoms with E-state index in [-0.39, 0.29) is 11.8 Å². The van der Waals surface area contributed by atoms with Crippen LogP contribution in [0.3, 0.4) is 0 Å². The second-order valence-electron chi connectivity index (χ2n) is 6.25. The van der Waals surface area contributed by atoms with Gasteiger partial charge in [0.25, 0.3) is 0 Å². The van der Waals surface area contributed by atoms with Crippen molar-refractivity contribution in [2.45, 2.75) is 40.5 Å². The highest BCUT2D eigenvalue weighted by Crippen LogP contribution is 2.21. The molecule has 0 aromatic carbocycles. The lowest BCUT2D eigenvalue weighted by Gasteiger charge is -2.30. The molecule has 1 aromatic heterocycles. The lowest BCUT2D eigenvalue weighted by Crippen LogP contribution is -2.38. The SMILES string of the molecule is CCOC(=O)c1c(C)[nH]c(C(=O)CN2CCCC(C)C2)c1C. The summed E-state index contributed by atoms with van der Waals surface area (Å²) in [6.45, 7) is 10.3. The third-order valence-corrected chi connectivity index (χ3v) is 4.30. The zero-order valence-corrected chi connectivity index (χ0v) is 14.0. The van der Waals surface area contributed by atoms with Gasteiger partial charge in [-0.3, -0.25) is 9.69 Å². The number of hydrogen-bond donors (Lipinski definition) is 1. The van der Waals surface area contributed by atoms with Crippen LogP contribution in [0.1, 0.15) is 58.8 Å². The molecule has 5 heteroatoms. The monoisotopic (exact) mass is 306 g/mol. The van der Waals surface area contributed by atoms with Crippen LogP contribution in [-0.4, -0.2) is 47.9 Å². The van der Waals surface area contributed by atoms with E-state index in [1.807, 2.05) is 6.92 Å². The number of esters is 1. The Morgan fingerprint density at radius 2 is 2.09 bits per heavy atom. The number of ether oxygens (including phenoxy) is 1. The molecule has 1 aliphatic heterocycles. The first kappa shape index (κ1) is 16.7. The molecule has 0 aliphatic carbocycles. The smallest absolute Gasteiger partial charge is 0.340 e. The van der Waals surface area contributed by atoms with E-state index in [1.165, 1.54) is 6.42 Å². The van der Waals surface area contributed by atoms with Crippen molar-refractivity contribution >= 4 is 11.8 Å². The molecule has 2 heterocycles. The predicted molar refractivity (Wildman–Crippen MR) is 85.4 cm³/mol. The standard InChI is InChI=1S/C17H26N2O3/c1-5-22-17(21)15-12(3)16(18-13(15)4)14(20)10-19-8-6-7-11(2)9-19/h11,18H,5-10H2,1-4H3. The molecule has 1 atom stereocenters. The van der Waals surface area contributed by atoms with Crippen molar-refractivity contribution in [3.63, 3.8) is 0 Å². The van der Waals surface area contributed by atoms with Gasteiger partial charge in [0.05, 0.1) is 24.4 Å². The Bertz CT molecular complexity index is 562. The molecule has 0 amide bonds. The Kier molecular flexibility index (Phi) is 5.40. The molecule has 0 radical (unpaired) electrons. The van der Waals surface area contributed by atoms with E-state index < -0.39 is 0 Å². The maximum atomic E-state index is 12.6. The molecule has 1 aliphatic rings. The number of hydrogen-bond acceptors (Lipinski definition) is 4. The van der Waals surface area contributed by atoms with Crippen molar-refractivity contribution in [2.24, 2.45) is 5.92 Å². The number of nitrogens with one attached hydrogen (secondary N) is 1. The first-order valence-electron chi connectivity index (χ1n) is 8.05. The number of likely N-dealkylation sites (tertiary alicyclic amines) is 1. The first-order chi connectivity index (χ1) is 10.4. The Hall–Kier alpha value is -1.62. The fourth-order valence-corrected chi connectivity index (χ4v) is 3.25. The van der Waals surface area contributed by atoms with Crippen LogP contribution in [0.5, 0.6) is 0 Å². The number of Topliss-reactive ketones (excluding diaryl/α,β-unsaturated/α-hetero) is 1. The van der Waals surface area contributed by atoms with Crippen molar-refractivity contribution in [3.05, 3.63) is 22.5 Å². The molecule has 0 saturated carbocycles. The molecule has 1 N–H and O–H groups in total. The van der Waals surface area contributed by atoms with E-state index in [4.69, 9.17) is 4.74 Å². The number of aromatic amines is 1. The maximum Gasteiger partial charge on any atom is 0.340 e. The molecule has 5 nitrogen and oxygen atoms in total. The van der Waals surface area contributed by atoms with Gasteiger partial charge in [-0.2, -0.15) is 0 Å². The molecular formula is C17H26N2O3. The van der Waals surface area contributed by atoms with Gasteiger partial charge in [0.15, 0.2) is 5.78 Å². The van der Waals surface area contributed by atoms with Crippen LogP contribution in [-0.2, 0) is 4.74 Å². The number of nitrogens with zero attached hydrogens (tertiary/aromatic N) is 1. The van der Waals surface area contributed by atoms with Gasteiger partial charge in [0.2, 0.25) is 0 Å². The van der Waals surface area contributed by atoms with Crippen molar-refractivity contribution < 1.29 is 14.3 Å². The molecule has 0 spiro atoms. The van der Waals surface area contributed by atoms with Gasteiger partial charge in [-0.05, 0) is 51.6 Å². The highest BCUT2D eigenvalue weighted by Gasteiger charge is 2.25. The summed E-state index contributed by atoms with van der Waals surface area (Å²) in [5, 5.41) is 0. The van der Waals surface area contributed by atoms with E-state index in [1.54, 1.807) is 13.8 Å². The third kappa shape index (κ3) is 3.58. The van der Waals surface area contributed by atoms with E-state index in [2.05, 4.69) is 16.8 Å². The van der Waals surface area contributed by atoms with Gasteiger partial charge >= 0.3 is 5.97 Å². The second kappa shape index (κ2) is 7.09. The number of H-pyrrole nitrogens is 1. The number of piperidine rings is 1. The van der Waals surface area contributed by atoms with E-state index in [9.17, 15) is 9.59 Å². The highest BCUT2D eigenvalue weighted by molar-refractivity contribution is 6.02. The molecule has 1 saturated heterocycles. The van der Waals surface area contributed by atoms with Crippen LogP contribution in [0.15, 0.2) is 0 Å². The summed E-state index contributed by atoms with van der Waals surface area (Å²) in [5.74, 6) is 0.327. The molecule has 1 fully saturated rings. The molecular weight excluding hydrogens is 280 g/mol. The quantitative estimate of drug-likeness (QED) is 0.671. The predicted octanol–water partition coefficient (Wildman–Crippen LogP) is 2.72. The van der Waals surface area contributed by atoms with E-state index in [0.29, 0.717) is 41.6 Å². The van der Waals surface area contributed by atoms with Crippen LogP contribution in [0.2, 0.25) is 0 Å². The topological polar surface area (TPSA) is 62.4 Å². The van der Waals surface area contributed by atoms with Crippen molar-refractivity contribution in [1.82, 2.24) is 9.88 Å². The Morgan fingerprint density at radius 1 is 1.36 bits per heavy atom. The number of carbonyl (C=O) groups excluding carboxylic acids is 2. The average Bonchev–Trinajstić information content (AvgIpc) is 2.74. The lowest BCUT2D eigenvalue weighted by molar-refractivity contribution is 0.0525. The minimum Gasteiger partial charge on any atom is -0.462 e. The van der Waals surface area contributed by atoms with Crippen LogP contribution in [0, 0.1) is 19.8 Å². The molecule has 1 unspecified atom stereocenters. The summed E-state index contributed by atoms with van der Waals surface area (Å²) in [4.78, 5) is 29.8. The maximum absolute atomic E-state index is 12.6. The average molecular weight is 306 g/mol. The van der Waals surface area contributed by atoms with Crippen molar-refractivity contribution in [2.75, 3.05) is 26.2 Å². The summed E-state index contributed by atoms with van der Waals surface area (Å²) >= 11 is 0. The summed E-state index contributed by atoms with van der Waals surface area (Å²) in [6.07, 6.45) is 2.38. The lowest BCUT2D eigenvalue weighted by atomic mass is 10.00. The largest absolute Gasteiger partial charge is 0.462 e. The fourth-order valence-electron chi connectivity index (χ4n) is 3.25. The van der Waals surface area contributed by atoms with Gasteiger partial charge in [0.1, 0.15) is 0 Å². The fraction of sp³-hybridized carbons (Fsp3) is 0.647. The zero-order valence-electron chi connectivity index (χ0n) is 14.0. The van der Waals surface area contributed by atoms with Gasteiger partial charge in [-0.1, -0.05) is 6.92 Å².